The summed E-state index contributed by atoms with van der Waals surface area (Å²) in [6, 6.07) is 15.6. The van der Waals surface area contributed by atoms with Crippen LogP contribution in [0, 0.1) is 27.3 Å². The molecule has 3 aliphatic carbocycles. The van der Waals surface area contributed by atoms with Gasteiger partial charge in [-0.1, -0.05) is 38.1 Å². The summed E-state index contributed by atoms with van der Waals surface area (Å²) in [7, 11) is -6.75. The predicted molar refractivity (Wildman–Crippen MR) is 276 cm³/mol. The smallest absolute Gasteiger partial charge is 0.312 e. The maximum Gasteiger partial charge on any atom is 0.312 e. The molecule has 3 saturated carbocycles. The Labute approximate surface area is 430 Å². The zero-order chi connectivity index (χ0) is 52.3. The third-order valence-electron chi connectivity index (χ3n) is 16.2. The number of nitro groups is 1. The molecule has 396 valence electrons. The van der Waals surface area contributed by atoms with E-state index in [1.165, 1.54) is 30.4 Å². The maximum absolute atomic E-state index is 14.9. The van der Waals surface area contributed by atoms with E-state index in [0.29, 0.717) is 76.7 Å². The van der Waals surface area contributed by atoms with Gasteiger partial charge in [-0.05, 0) is 112 Å². The van der Waals surface area contributed by atoms with Crippen molar-refractivity contribution in [3.63, 3.8) is 0 Å². The number of sulfonamides is 2. The van der Waals surface area contributed by atoms with Gasteiger partial charge in [0.1, 0.15) is 22.1 Å². The minimum Gasteiger partial charge on any atom is -0.478 e. The van der Waals surface area contributed by atoms with E-state index in [0.717, 1.165) is 57.0 Å². The molecule has 3 aromatic heterocycles. The summed E-state index contributed by atoms with van der Waals surface area (Å²) < 4.78 is 85.3. The summed E-state index contributed by atoms with van der Waals surface area (Å²) in [4.78, 5) is 40.9. The molecule has 0 radical (unpaired) electrons. The minimum absolute atomic E-state index is 0.0356. The summed E-state index contributed by atoms with van der Waals surface area (Å²) >= 11 is 0. The van der Waals surface area contributed by atoms with Crippen LogP contribution in [0.2, 0.25) is 0 Å². The lowest BCUT2D eigenvalue weighted by molar-refractivity contribution is -0.384. The summed E-state index contributed by atoms with van der Waals surface area (Å²) in [5, 5.41) is 25.3. The van der Waals surface area contributed by atoms with Crippen molar-refractivity contribution in [1.82, 2.24) is 28.9 Å². The quantitative estimate of drug-likeness (QED) is 0.0540. The second-order valence-electron chi connectivity index (χ2n) is 21.6. The molecular weight excluding hydrogens is 994 g/mol. The Balaban J connectivity index is 0.866. The zero-order valence-electron chi connectivity index (χ0n) is 42.1. The molecule has 5 aromatic rings. The Hall–Kier alpha value is -5.94. The summed E-state index contributed by atoms with van der Waals surface area (Å²) in [5.41, 5.74) is 1.82. The Morgan fingerprint density at radius 1 is 0.986 bits per heavy atom. The number of nitrogens with one attached hydrogen (secondary N) is 3. The summed E-state index contributed by atoms with van der Waals surface area (Å²) in [5.74, 6) is -1.61. The fourth-order valence-electron chi connectivity index (χ4n) is 11.6. The third kappa shape index (κ3) is 10.4. The van der Waals surface area contributed by atoms with Crippen molar-refractivity contribution in [3.8, 4) is 17.4 Å². The van der Waals surface area contributed by atoms with Crippen molar-refractivity contribution in [1.29, 1.82) is 0 Å². The van der Waals surface area contributed by atoms with E-state index in [1.807, 2.05) is 4.72 Å². The van der Waals surface area contributed by atoms with Crippen LogP contribution in [0.4, 0.5) is 21.6 Å². The number of H-pyrrole nitrogens is 1. The van der Waals surface area contributed by atoms with Gasteiger partial charge in [0.25, 0.3) is 21.8 Å². The van der Waals surface area contributed by atoms with E-state index in [4.69, 9.17) is 9.47 Å². The predicted octanol–water partition coefficient (Wildman–Crippen LogP) is 8.00. The normalized spacial score (nSPS) is 22.9. The van der Waals surface area contributed by atoms with Gasteiger partial charge in [0.05, 0.1) is 40.0 Å². The van der Waals surface area contributed by atoms with E-state index in [-0.39, 0.29) is 68.3 Å². The molecule has 4 N–H and O–H groups in total. The van der Waals surface area contributed by atoms with Gasteiger partial charge in [-0.2, -0.15) is 9.29 Å². The fourth-order valence-corrected chi connectivity index (χ4v) is 14.4. The molecule has 2 saturated heterocycles. The van der Waals surface area contributed by atoms with Gasteiger partial charge in [-0.3, -0.25) is 19.8 Å². The second-order valence-corrected chi connectivity index (χ2v) is 25.4. The molecule has 5 heterocycles. The first kappa shape index (κ1) is 51.5. The number of carbonyl (C=O) groups is 1. The number of ether oxygens (including phenoxy) is 2. The number of piperazine rings is 1. The average Bonchev–Trinajstić information content (AvgIpc) is 4.18. The van der Waals surface area contributed by atoms with Crippen LogP contribution in [0.15, 0.2) is 71.9 Å². The lowest BCUT2D eigenvalue weighted by atomic mass is 9.59. The molecule has 0 unspecified atom stereocenters. The van der Waals surface area contributed by atoms with Crippen LogP contribution in [0.25, 0.3) is 11.0 Å². The molecule has 19 nitrogen and oxygen atoms in total. The number of anilines is 2. The van der Waals surface area contributed by atoms with E-state index in [2.05, 4.69) is 68.2 Å². The SMILES string of the molecule is COc1nc2[nH]cc(F)c2cc1Oc1cc(N2CCC3(CC2)CC(N2CCN(S(=O)(=O)C4CC4)C[C@H]2c2ccccc2C(C)C)C3)ccc1C(=O)NS(=O)(=O)c1cnc(NCC2CCC(C)(O)CC2)c([N+](=O)[O-])c1. The number of aromatic amines is 1. The molecule has 74 heavy (non-hydrogen) atoms. The Morgan fingerprint density at radius 2 is 1.72 bits per heavy atom. The Kier molecular flexibility index (Phi) is 13.9. The molecule has 1 atom stereocenters. The molecule has 2 aromatic carbocycles. The molecule has 10 rings (SSSR count). The summed E-state index contributed by atoms with van der Waals surface area (Å²) in [6.07, 6.45) is 9.81. The average molecular weight is 1060 g/mol. The number of aliphatic hydroxyl groups is 1. The third-order valence-corrected chi connectivity index (χ3v) is 19.8. The lowest BCUT2D eigenvalue weighted by Gasteiger charge is -2.58. The first-order chi connectivity index (χ1) is 35.2. The van der Waals surface area contributed by atoms with Gasteiger partial charge in [-0.25, -0.2) is 30.9 Å². The number of halogens is 1. The van der Waals surface area contributed by atoms with E-state index in [9.17, 15) is 41.2 Å². The summed E-state index contributed by atoms with van der Waals surface area (Å²) in [6.45, 7) is 9.40. The minimum atomic E-state index is -4.76. The Morgan fingerprint density at radius 3 is 2.41 bits per heavy atom. The van der Waals surface area contributed by atoms with Crippen molar-refractivity contribution in [2.45, 2.75) is 119 Å². The molecule has 5 aliphatic rings. The number of amides is 1. The first-order valence-electron chi connectivity index (χ1n) is 25.5. The number of hydrogen-bond acceptors (Lipinski definition) is 15. The van der Waals surface area contributed by atoms with Gasteiger partial charge in [0.15, 0.2) is 5.75 Å². The van der Waals surface area contributed by atoms with E-state index in [1.54, 1.807) is 23.4 Å². The lowest BCUT2D eigenvalue weighted by Crippen LogP contribution is -2.60. The highest BCUT2D eigenvalue weighted by Crippen LogP contribution is 2.54. The zero-order valence-corrected chi connectivity index (χ0v) is 43.7. The molecule has 22 heteroatoms. The van der Waals surface area contributed by atoms with Crippen molar-refractivity contribution < 1.29 is 45.5 Å². The van der Waals surface area contributed by atoms with Crippen molar-refractivity contribution in [2.75, 3.05) is 56.6 Å². The van der Waals surface area contributed by atoms with Crippen LogP contribution < -0.4 is 24.4 Å². The van der Waals surface area contributed by atoms with Gasteiger partial charge in [0, 0.05) is 81.4 Å². The number of methoxy groups -OCH3 is 1. The highest BCUT2D eigenvalue weighted by atomic mass is 32.2. The van der Waals surface area contributed by atoms with Gasteiger partial charge >= 0.3 is 5.69 Å². The highest BCUT2D eigenvalue weighted by Gasteiger charge is 2.52. The number of aromatic nitrogens is 3. The largest absolute Gasteiger partial charge is 0.478 e. The molecular formula is C52H64FN9O10S2. The monoisotopic (exact) mass is 1060 g/mol. The van der Waals surface area contributed by atoms with Crippen LogP contribution in [0.3, 0.4) is 0 Å². The van der Waals surface area contributed by atoms with Crippen molar-refractivity contribution in [3.05, 3.63) is 99.6 Å². The van der Waals surface area contributed by atoms with Gasteiger partial charge in [-0.15, -0.1) is 0 Å². The van der Waals surface area contributed by atoms with Crippen LogP contribution in [-0.2, 0) is 20.0 Å². The highest BCUT2D eigenvalue weighted by molar-refractivity contribution is 7.90. The second kappa shape index (κ2) is 20.0. The molecule has 0 bridgehead atoms. The van der Waals surface area contributed by atoms with Crippen LogP contribution in [-0.4, -0.2) is 120 Å². The molecule has 2 aliphatic heterocycles. The van der Waals surface area contributed by atoms with E-state index < -0.39 is 52.9 Å². The first-order valence-corrected chi connectivity index (χ1v) is 28.5. The maximum atomic E-state index is 14.9. The number of carbonyl (C=O) groups excluding carboxylic acids is 1. The van der Waals surface area contributed by atoms with Gasteiger partial charge in [0.2, 0.25) is 15.8 Å². The number of nitrogens with zero attached hydrogens (tertiary/aromatic N) is 6. The molecule has 1 amide bonds. The number of pyridine rings is 2. The number of piperidine rings is 1. The van der Waals surface area contributed by atoms with Crippen LogP contribution >= 0.6 is 0 Å². The van der Waals surface area contributed by atoms with Crippen molar-refractivity contribution in [2.24, 2.45) is 11.3 Å². The van der Waals surface area contributed by atoms with Gasteiger partial charge < -0.3 is 29.8 Å². The number of fused-ring (bicyclic) bond motifs is 1. The Bertz CT molecular complexity index is 3180. The van der Waals surface area contributed by atoms with Crippen molar-refractivity contribution >= 4 is 54.2 Å². The fraction of sp³-hybridized carbons (Fsp3) is 0.519. The molecule has 1 spiro atoms. The number of rotatable bonds is 16. The number of hydrogen-bond donors (Lipinski definition) is 4. The molecule has 5 fully saturated rings. The number of benzene rings is 2. The topological polar surface area (TPSA) is 243 Å². The van der Waals surface area contributed by atoms with E-state index >= 15 is 0 Å². The van der Waals surface area contributed by atoms with Crippen LogP contribution in [0.5, 0.6) is 17.4 Å². The standard InChI is InChI=1S/C52H64FN9O10S2/c1-32(2)38-7-5-6-8-39(38)44-31-60(74(69,70)36-10-11-36)21-22-61(44)35-26-52(27-35)17-19-59(20-18-52)34-9-12-40(45(23-34)72-46-25-41-42(53)30-56-47(41)57-50(46)71-4)49(63)58-73(67,68)37-24-43(62(65)66)48(55-29-37)54-28-33-13-15-51(3,64)16-14-33/h5-9,12,23-25,29-30,32-33,35-36,44,64H,10-11,13-22,26-28,31H2,1-4H3,(H,54,55)(H,56,57)(H,58,63)/t33?,44-,51?/m0/s1. The van der Waals surface area contributed by atoms with Crippen LogP contribution in [0.1, 0.15) is 118 Å².